The van der Waals surface area contributed by atoms with E-state index < -0.39 is 29.8 Å². The van der Waals surface area contributed by atoms with Crippen LogP contribution in [0.4, 0.5) is 0 Å². The Labute approximate surface area is 184 Å². The van der Waals surface area contributed by atoms with E-state index in [0.29, 0.717) is 6.21 Å². The number of rotatable bonds is 12. The molecule has 0 saturated carbocycles. The molecule has 0 aliphatic heterocycles. The smallest absolute Gasteiger partial charge is 0.326 e. The standard InChI is InChI=1S/C21H25N5O6/c1-26(2)19(28)12-32-18(9-13-10-23-16-6-4-3-5-15(13)16)20(29)25-17(21(30)31)8-7-14(27)11-24-22/h3-6,10-11,17-18,23H,7-9,12H2,1-2H3,(H,25,29)(H,30,31). The fraction of sp³-hybridized carbons (Fsp3) is 0.381. The molecule has 11 heteroatoms. The molecule has 0 aliphatic carbocycles. The summed E-state index contributed by atoms with van der Waals surface area (Å²) in [5.41, 5.74) is 10.0. The van der Waals surface area contributed by atoms with Gasteiger partial charge in [-0.05, 0) is 18.1 Å². The van der Waals surface area contributed by atoms with Gasteiger partial charge in [0.05, 0.1) is 0 Å². The Kier molecular flexibility index (Phi) is 8.82. The Morgan fingerprint density at radius 2 is 2.00 bits per heavy atom. The first-order valence-electron chi connectivity index (χ1n) is 9.83. The van der Waals surface area contributed by atoms with Crippen LogP contribution in [-0.2, 0) is 30.3 Å². The Hall–Kier alpha value is -3.82. The molecule has 2 rings (SSSR count). The molecule has 0 fully saturated rings. The quantitative estimate of drug-likeness (QED) is 0.244. The summed E-state index contributed by atoms with van der Waals surface area (Å²) < 4.78 is 5.56. The van der Waals surface area contributed by atoms with Crippen molar-refractivity contribution in [3.63, 3.8) is 0 Å². The molecule has 32 heavy (non-hydrogen) atoms. The number of likely N-dealkylation sites (N-methyl/N-ethyl adjacent to an activating group) is 1. The van der Waals surface area contributed by atoms with Crippen LogP contribution in [0, 0.1) is 0 Å². The van der Waals surface area contributed by atoms with Gasteiger partial charge in [-0.15, -0.1) is 0 Å². The monoisotopic (exact) mass is 443 g/mol. The van der Waals surface area contributed by atoms with E-state index in [4.69, 9.17) is 10.3 Å². The summed E-state index contributed by atoms with van der Waals surface area (Å²) in [6.45, 7) is -0.364. The second-order valence-electron chi connectivity index (χ2n) is 7.30. The number of aromatic amines is 1. The van der Waals surface area contributed by atoms with Crippen LogP contribution in [0.25, 0.3) is 16.4 Å². The van der Waals surface area contributed by atoms with E-state index in [9.17, 15) is 24.3 Å². The first kappa shape index (κ1) is 24.4. The number of para-hydroxylation sites is 1. The van der Waals surface area contributed by atoms with Crippen LogP contribution < -0.4 is 5.32 Å². The summed E-state index contributed by atoms with van der Waals surface area (Å²) in [7, 11) is 3.10. The van der Waals surface area contributed by atoms with Crippen molar-refractivity contribution in [2.45, 2.75) is 31.4 Å². The third kappa shape index (κ3) is 6.86. The fourth-order valence-electron chi connectivity index (χ4n) is 2.97. The lowest BCUT2D eigenvalue weighted by atomic mass is 10.0. The molecule has 0 spiro atoms. The van der Waals surface area contributed by atoms with Gasteiger partial charge in [-0.1, -0.05) is 18.2 Å². The predicted octanol–water partition coefficient (Wildman–Crippen LogP) is 0.403. The van der Waals surface area contributed by atoms with Crippen molar-refractivity contribution >= 4 is 40.7 Å². The van der Waals surface area contributed by atoms with Crippen LogP contribution in [0.3, 0.4) is 0 Å². The number of carbonyl (C=O) groups is 4. The maximum absolute atomic E-state index is 12.9. The van der Waals surface area contributed by atoms with Gasteiger partial charge < -0.3 is 30.6 Å². The number of nitrogens with one attached hydrogen (secondary N) is 2. The van der Waals surface area contributed by atoms with Crippen molar-refractivity contribution in [1.82, 2.24) is 15.2 Å². The van der Waals surface area contributed by atoms with Crippen LogP contribution in [0.5, 0.6) is 0 Å². The average molecular weight is 443 g/mol. The molecular formula is C21H25N5O6. The van der Waals surface area contributed by atoms with Gasteiger partial charge in [0.1, 0.15) is 18.8 Å². The second-order valence-corrected chi connectivity index (χ2v) is 7.30. The van der Waals surface area contributed by atoms with Gasteiger partial charge in [0.15, 0.2) is 0 Å². The van der Waals surface area contributed by atoms with E-state index >= 15 is 0 Å². The van der Waals surface area contributed by atoms with E-state index in [1.807, 2.05) is 24.3 Å². The van der Waals surface area contributed by atoms with Crippen LogP contribution in [-0.4, -0.2) is 82.4 Å². The van der Waals surface area contributed by atoms with Gasteiger partial charge in [0.2, 0.25) is 17.6 Å². The van der Waals surface area contributed by atoms with E-state index in [1.54, 1.807) is 20.3 Å². The molecule has 170 valence electrons. The molecule has 2 unspecified atom stereocenters. The molecule has 0 saturated heterocycles. The van der Waals surface area contributed by atoms with Crippen molar-refractivity contribution < 1.29 is 33.8 Å². The molecule has 0 bridgehead atoms. The second kappa shape index (κ2) is 11.5. The van der Waals surface area contributed by atoms with Gasteiger partial charge in [0, 0.05) is 44.0 Å². The molecule has 11 nitrogen and oxygen atoms in total. The minimum Gasteiger partial charge on any atom is -0.480 e. The highest BCUT2D eigenvalue weighted by Crippen LogP contribution is 2.20. The van der Waals surface area contributed by atoms with Gasteiger partial charge >= 0.3 is 12.2 Å². The molecular weight excluding hydrogens is 418 g/mol. The van der Waals surface area contributed by atoms with Gasteiger partial charge in [-0.3, -0.25) is 14.4 Å². The maximum Gasteiger partial charge on any atom is 0.326 e. The van der Waals surface area contributed by atoms with Crippen molar-refractivity contribution in [1.29, 1.82) is 0 Å². The molecule has 0 aliphatic rings. The number of ether oxygens (including phenoxy) is 1. The summed E-state index contributed by atoms with van der Waals surface area (Å²) in [5.74, 6) is -3.00. The van der Waals surface area contributed by atoms with Crippen molar-refractivity contribution in [2.75, 3.05) is 20.7 Å². The number of hydrogen-bond donors (Lipinski definition) is 3. The molecule has 2 amide bonds. The number of H-pyrrole nitrogens is 1. The number of carboxylic acid groups (broad SMARTS) is 1. The Morgan fingerprint density at radius 1 is 1.28 bits per heavy atom. The minimum atomic E-state index is -1.36. The Balaban J connectivity index is 2.17. The number of amides is 2. The van der Waals surface area contributed by atoms with Gasteiger partial charge in [-0.2, -0.15) is 4.79 Å². The molecule has 1 heterocycles. The summed E-state index contributed by atoms with van der Waals surface area (Å²) in [5, 5.41) is 12.7. The Morgan fingerprint density at radius 3 is 2.66 bits per heavy atom. The molecule has 2 atom stereocenters. The van der Waals surface area contributed by atoms with E-state index in [2.05, 4.69) is 15.1 Å². The molecule has 0 radical (unpaired) electrons. The number of Topliss-reactive ketones (excluding diaryl/α,β-unsaturated/α-hetero) is 1. The van der Waals surface area contributed by atoms with E-state index in [1.165, 1.54) is 4.90 Å². The number of hydrogen-bond acceptors (Lipinski definition) is 5. The van der Waals surface area contributed by atoms with Crippen molar-refractivity contribution in [3.05, 3.63) is 41.6 Å². The molecule has 3 N–H and O–H groups in total. The Bertz CT molecular complexity index is 1040. The average Bonchev–Trinajstić information content (AvgIpc) is 3.16. The summed E-state index contributed by atoms with van der Waals surface area (Å²) >= 11 is 0. The minimum absolute atomic E-state index is 0.0962. The largest absolute Gasteiger partial charge is 0.480 e. The lowest BCUT2D eigenvalue weighted by Crippen LogP contribution is -2.47. The van der Waals surface area contributed by atoms with E-state index in [-0.39, 0.29) is 31.8 Å². The number of carboxylic acids is 1. The van der Waals surface area contributed by atoms with Crippen LogP contribution in [0.2, 0.25) is 0 Å². The van der Waals surface area contributed by atoms with Gasteiger partial charge in [-0.25, -0.2) is 4.79 Å². The summed E-state index contributed by atoms with van der Waals surface area (Å²) in [6.07, 6.45) is 0.894. The number of carbonyl (C=O) groups excluding carboxylic acids is 3. The highest BCUT2D eigenvalue weighted by molar-refractivity contribution is 6.25. The number of nitrogens with zero attached hydrogens (tertiary/aromatic N) is 3. The lowest BCUT2D eigenvalue weighted by molar-refractivity contribution is -0.147. The van der Waals surface area contributed by atoms with Crippen molar-refractivity contribution in [3.8, 4) is 0 Å². The number of aliphatic carboxylic acids is 1. The third-order valence-electron chi connectivity index (χ3n) is 4.78. The van der Waals surface area contributed by atoms with Crippen molar-refractivity contribution in [2.24, 2.45) is 0 Å². The van der Waals surface area contributed by atoms with Crippen LogP contribution >= 0.6 is 0 Å². The fourth-order valence-corrected chi connectivity index (χ4v) is 2.97. The first-order chi connectivity index (χ1) is 15.2. The zero-order valence-electron chi connectivity index (χ0n) is 17.8. The topological polar surface area (TPSA) is 165 Å². The zero-order chi connectivity index (χ0) is 23.7. The third-order valence-corrected chi connectivity index (χ3v) is 4.78. The SMILES string of the molecule is CN(C)C(=O)COC(Cc1c[nH]c2ccccc12)C(=O)NC(CCC(=O)C=[N+]=[N-])C(=O)O. The molecule has 1 aromatic carbocycles. The summed E-state index contributed by atoms with van der Waals surface area (Å²) in [4.78, 5) is 54.9. The number of aromatic nitrogens is 1. The molecule has 2 aromatic rings. The first-order valence-corrected chi connectivity index (χ1v) is 9.83. The number of benzene rings is 1. The van der Waals surface area contributed by atoms with Crippen LogP contribution in [0.15, 0.2) is 30.5 Å². The lowest BCUT2D eigenvalue weighted by Gasteiger charge is -2.21. The number of ketones is 1. The summed E-state index contributed by atoms with van der Waals surface area (Å²) in [6, 6.07) is 6.09. The predicted molar refractivity (Wildman–Crippen MR) is 114 cm³/mol. The molecule has 1 aromatic heterocycles. The van der Waals surface area contributed by atoms with Crippen LogP contribution in [0.1, 0.15) is 18.4 Å². The normalized spacial score (nSPS) is 12.4. The highest BCUT2D eigenvalue weighted by Gasteiger charge is 2.28. The zero-order valence-corrected chi connectivity index (χ0v) is 17.8. The number of fused-ring (bicyclic) bond motifs is 1. The highest BCUT2D eigenvalue weighted by atomic mass is 16.5. The van der Waals surface area contributed by atoms with E-state index in [0.717, 1.165) is 16.5 Å². The maximum atomic E-state index is 12.9. The van der Waals surface area contributed by atoms with Gasteiger partial charge in [0.25, 0.3) is 0 Å².